The smallest absolute Gasteiger partial charge is 0.311 e. The van der Waals surface area contributed by atoms with E-state index in [9.17, 15) is 18.0 Å². The van der Waals surface area contributed by atoms with Crippen molar-refractivity contribution in [2.45, 2.75) is 13.1 Å². The number of nitrogens with one attached hydrogen (secondary N) is 2. The molecule has 6 heteroatoms. The second-order valence-corrected chi connectivity index (χ2v) is 3.15. The Balaban J connectivity index is 2.87. The molecule has 0 saturated carbocycles. The van der Waals surface area contributed by atoms with Crippen LogP contribution in [0.1, 0.15) is 22.8 Å². The number of hydrogen-bond donors (Lipinski definition) is 2. The summed E-state index contributed by atoms with van der Waals surface area (Å²) in [6.07, 6.45) is -4.41. The zero-order chi connectivity index (χ0) is 12.3. The van der Waals surface area contributed by atoms with Crippen LogP contribution in [0.15, 0.2) is 24.3 Å². The zero-order valence-corrected chi connectivity index (χ0v) is 8.35. The Kier molecular flexibility index (Phi) is 3.31. The summed E-state index contributed by atoms with van der Waals surface area (Å²) in [5.74, 6) is -0.661. The molecule has 0 aromatic heterocycles. The fraction of sp³-hybridized carbons (Fsp3) is 0.200. The molecule has 0 aliphatic heterocycles. The van der Waals surface area contributed by atoms with Gasteiger partial charge in [-0.05, 0) is 31.2 Å². The summed E-state index contributed by atoms with van der Waals surface area (Å²) in [6.45, 7) is 1.36. The van der Waals surface area contributed by atoms with Crippen LogP contribution in [0.5, 0.6) is 0 Å². The van der Waals surface area contributed by atoms with E-state index in [0.29, 0.717) is 0 Å². The maximum absolute atomic E-state index is 12.2. The third-order valence-corrected chi connectivity index (χ3v) is 1.78. The third kappa shape index (κ3) is 3.08. The SMILES string of the molecule is CC(=N)NC(=O)c1ccc(C(F)(F)F)cc1. The van der Waals surface area contributed by atoms with Gasteiger partial charge >= 0.3 is 6.18 Å². The molecule has 0 aliphatic carbocycles. The molecule has 0 bridgehead atoms. The Bertz CT molecular complexity index is 409. The molecule has 16 heavy (non-hydrogen) atoms. The van der Waals surface area contributed by atoms with Crippen LogP contribution >= 0.6 is 0 Å². The lowest BCUT2D eigenvalue weighted by Crippen LogP contribution is -2.27. The Morgan fingerprint density at radius 2 is 1.75 bits per heavy atom. The van der Waals surface area contributed by atoms with Crippen LogP contribution in [0.2, 0.25) is 0 Å². The number of rotatable bonds is 1. The van der Waals surface area contributed by atoms with Crippen LogP contribution in [0.4, 0.5) is 13.2 Å². The molecular formula is C10H9F3N2O. The molecule has 1 aromatic carbocycles. The first-order valence-electron chi connectivity index (χ1n) is 4.34. The molecule has 0 saturated heterocycles. The minimum atomic E-state index is -4.41. The predicted octanol–water partition coefficient (Wildman–Crippen LogP) is 2.43. The maximum atomic E-state index is 12.2. The molecule has 1 rings (SSSR count). The van der Waals surface area contributed by atoms with Crippen molar-refractivity contribution in [1.29, 1.82) is 5.41 Å². The highest BCUT2D eigenvalue weighted by Crippen LogP contribution is 2.28. The van der Waals surface area contributed by atoms with Gasteiger partial charge in [-0.2, -0.15) is 13.2 Å². The van der Waals surface area contributed by atoms with E-state index in [-0.39, 0.29) is 11.4 Å². The zero-order valence-electron chi connectivity index (χ0n) is 8.35. The number of benzene rings is 1. The molecule has 0 unspecified atom stereocenters. The second kappa shape index (κ2) is 4.34. The van der Waals surface area contributed by atoms with E-state index < -0.39 is 17.6 Å². The predicted molar refractivity (Wildman–Crippen MR) is 52.3 cm³/mol. The number of carbonyl (C=O) groups excluding carboxylic acids is 1. The van der Waals surface area contributed by atoms with Crippen molar-refractivity contribution in [1.82, 2.24) is 5.32 Å². The van der Waals surface area contributed by atoms with Gasteiger partial charge in [0.2, 0.25) is 0 Å². The van der Waals surface area contributed by atoms with Crippen LogP contribution in [-0.4, -0.2) is 11.7 Å². The highest BCUT2D eigenvalue weighted by atomic mass is 19.4. The number of amidine groups is 1. The van der Waals surface area contributed by atoms with E-state index in [0.717, 1.165) is 24.3 Å². The number of carbonyl (C=O) groups is 1. The summed E-state index contributed by atoms with van der Waals surface area (Å²) in [5, 5.41) is 9.18. The van der Waals surface area contributed by atoms with E-state index in [1.807, 2.05) is 0 Å². The molecule has 2 N–H and O–H groups in total. The first-order chi connectivity index (χ1) is 7.30. The number of hydrogen-bond acceptors (Lipinski definition) is 2. The third-order valence-electron chi connectivity index (χ3n) is 1.78. The van der Waals surface area contributed by atoms with Gasteiger partial charge in [0.1, 0.15) is 0 Å². The fourth-order valence-electron chi connectivity index (χ4n) is 1.05. The summed E-state index contributed by atoms with van der Waals surface area (Å²) < 4.78 is 36.6. The van der Waals surface area contributed by atoms with Crippen molar-refractivity contribution in [3.63, 3.8) is 0 Å². The van der Waals surface area contributed by atoms with Gasteiger partial charge in [-0.25, -0.2) is 0 Å². The van der Waals surface area contributed by atoms with Gasteiger partial charge in [0, 0.05) is 5.56 Å². The molecular weight excluding hydrogens is 221 g/mol. The van der Waals surface area contributed by atoms with E-state index in [1.54, 1.807) is 0 Å². The van der Waals surface area contributed by atoms with Crippen molar-refractivity contribution < 1.29 is 18.0 Å². The summed E-state index contributed by atoms with van der Waals surface area (Å²) in [4.78, 5) is 11.3. The molecule has 86 valence electrons. The fourth-order valence-corrected chi connectivity index (χ4v) is 1.05. The highest BCUT2D eigenvalue weighted by molar-refractivity contribution is 6.04. The van der Waals surface area contributed by atoms with Crippen molar-refractivity contribution in [3.8, 4) is 0 Å². The average molecular weight is 230 g/mol. The number of alkyl halides is 3. The van der Waals surface area contributed by atoms with Gasteiger partial charge in [-0.3, -0.25) is 10.2 Å². The Labute approximate surface area is 89.8 Å². The van der Waals surface area contributed by atoms with Crippen LogP contribution in [0.25, 0.3) is 0 Å². The summed E-state index contributed by atoms with van der Waals surface area (Å²) >= 11 is 0. The Morgan fingerprint density at radius 3 is 2.12 bits per heavy atom. The summed E-state index contributed by atoms with van der Waals surface area (Å²) in [6, 6.07) is 3.80. The lowest BCUT2D eigenvalue weighted by Gasteiger charge is -2.07. The average Bonchev–Trinajstić information content (AvgIpc) is 2.15. The first-order valence-corrected chi connectivity index (χ1v) is 4.34. The van der Waals surface area contributed by atoms with Crippen molar-refractivity contribution in [2.24, 2.45) is 0 Å². The summed E-state index contributed by atoms with van der Waals surface area (Å²) in [7, 11) is 0. The molecule has 0 radical (unpaired) electrons. The van der Waals surface area contributed by atoms with E-state index in [4.69, 9.17) is 5.41 Å². The minimum Gasteiger partial charge on any atom is -0.311 e. The molecule has 1 aromatic rings. The van der Waals surface area contributed by atoms with Gasteiger partial charge < -0.3 is 5.32 Å². The van der Waals surface area contributed by atoms with Crippen LogP contribution in [0.3, 0.4) is 0 Å². The number of amides is 1. The topological polar surface area (TPSA) is 53.0 Å². The Morgan fingerprint density at radius 1 is 1.25 bits per heavy atom. The van der Waals surface area contributed by atoms with E-state index >= 15 is 0 Å². The van der Waals surface area contributed by atoms with Crippen molar-refractivity contribution >= 4 is 11.7 Å². The number of halogens is 3. The summed E-state index contributed by atoms with van der Waals surface area (Å²) in [5.41, 5.74) is -0.727. The van der Waals surface area contributed by atoms with E-state index in [1.165, 1.54) is 6.92 Å². The van der Waals surface area contributed by atoms with Crippen LogP contribution < -0.4 is 5.32 Å². The highest BCUT2D eigenvalue weighted by Gasteiger charge is 2.30. The van der Waals surface area contributed by atoms with Crippen LogP contribution in [0, 0.1) is 5.41 Å². The monoisotopic (exact) mass is 230 g/mol. The van der Waals surface area contributed by atoms with Gasteiger partial charge in [-0.1, -0.05) is 0 Å². The molecule has 0 heterocycles. The Hall–Kier alpha value is -1.85. The van der Waals surface area contributed by atoms with Crippen LogP contribution in [-0.2, 0) is 6.18 Å². The van der Waals surface area contributed by atoms with Gasteiger partial charge in [0.25, 0.3) is 5.91 Å². The van der Waals surface area contributed by atoms with E-state index in [2.05, 4.69) is 5.32 Å². The first kappa shape index (κ1) is 12.2. The lowest BCUT2D eigenvalue weighted by molar-refractivity contribution is -0.137. The van der Waals surface area contributed by atoms with Crippen molar-refractivity contribution in [2.75, 3.05) is 0 Å². The molecule has 0 aliphatic rings. The molecule has 0 spiro atoms. The molecule has 1 amide bonds. The quantitative estimate of drug-likeness (QED) is 0.565. The standard InChI is InChI=1S/C10H9F3N2O/c1-6(14)15-9(16)7-2-4-8(5-3-7)10(11,12)13/h2-5H,1H3,(H2,14,15,16). The molecule has 0 fully saturated rings. The minimum absolute atomic E-state index is 0.0649. The maximum Gasteiger partial charge on any atom is 0.416 e. The van der Waals surface area contributed by atoms with Gasteiger partial charge in [0.05, 0.1) is 11.4 Å². The molecule has 3 nitrogen and oxygen atoms in total. The molecule has 0 atom stereocenters. The largest absolute Gasteiger partial charge is 0.416 e. The normalized spacial score (nSPS) is 11.0. The van der Waals surface area contributed by atoms with Gasteiger partial charge in [-0.15, -0.1) is 0 Å². The lowest BCUT2D eigenvalue weighted by atomic mass is 10.1. The second-order valence-electron chi connectivity index (χ2n) is 3.15. The van der Waals surface area contributed by atoms with Gasteiger partial charge in [0.15, 0.2) is 0 Å². The van der Waals surface area contributed by atoms with Crippen molar-refractivity contribution in [3.05, 3.63) is 35.4 Å².